The molecule has 6 nitrogen and oxygen atoms in total. The number of nitrogens with zero attached hydrogens (tertiary/aromatic N) is 5. The maximum Gasteiger partial charge on any atom is 0.242 e. The van der Waals surface area contributed by atoms with Gasteiger partial charge in [-0.3, -0.25) is 0 Å². The minimum atomic E-state index is -1.72. The molecule has 3 aromatic rings. The van der Waals surface area contributed by atoms with Gasteiger partial charge in [-0.2, -0.15) is 0 Å². The van der Waals surface area contributed by atoms with Crippen molar-refractivity contribution in [1.29, 1.82) is 0 Å². The Morgan fingerprint density at radius 3 is 2.67 bits per heavy atom. The van der Waals surface area contributed by atoms with E-state index >= 15 is 0 Å². The third-order valence-electron chi connectivity index (χ3n) is 3.10. The van der Waals surface area contributed by atoms with Gasteiger partial charge >= 0.3 is 0 Å². The minimum absolute atomic E-state index is 0.488. The molecule has 0 saturated heterocycles. The first-order chi connectivity index (χ1) is 11.4. The third kappa shape index (κ3) is 3.99. The lowest BCUT2D eigenvalue weighted by Crippen LogP contribution is -2.29. The van der Waals surface area contributed by atoms with E-state index in [-0.39, 0.29) is 0 Å². The highest BCUT2D eigenvalue weighted by atomic mass is 28.4. The van der Waals surface area contributed by atoms with Crippen molar-refractivity contribution in [2.24, 2.45) is 4.99 Å². The maximum atomic E-state index is 6.13. The number of benzene rings is 1. The molecule has 24 heavy (non-hydrogen) atoms. The van der Waals surface area contributed by atoms with E-state index in [4.69, 9.17) is 4.43 Å². The molecule has 2 aromatic heterocycles. The van der Waals surface area contributed by atoms with Crippen molar-refractivity contribution in [3.8, 4) is 5.75 Å². The van der Waals surface area contributed by atoms with Gasteiger partial charge in [-0.1, -0.05) is 6.07 Å². The molecule has 0 spiro atoms. The van der Waals surface area contributed by atoms with Crippen LogP contribution in [0.2, 0.25) is 19.6 Å². The molecule has 0 saturated carbocycles. The van der Waals surface area contributed by atoms with Crippen LogP contribution in [0.25, 0.3) is 11.2 Å². The summed E-state index contributed by atoms with van der Waals surface area (Å²) >= 11 is 0. The molecule has 122 valence electrons. The molecule has 0 radical (unpaired) electrons. The lowest BCUT2D eigenvalue weighted by atomic mass is 10.2. The minimum Gasteiger partial charge on any atom is -0.543 e. The molecule has 0 aliphatic heterocycles. The van der Waals surface area contributed by atoms with E-state index in [1.165, 1.54) is 0 Å². The normalized spacial score (nSPS) is 12.0. The van der Waals surface area contributed by atoms with Crippen LogP contribution in [-0.4, -0.2) is 34.5 Å². The van der Waals surface area contributed by atoms with E-state index in [1.807, 2.05) is 25.1 Å². The molecule has 0 atom stereocenters. The first-order valence-electron chi connectivity index (χ1n) is 7.68. The van der Waals surface area contributed by atoms with Gasteiger partial charge in [-0.15, -0.1) is 0 Å². The quantitative estimate of drug-likeness (QED) is 0.536. The molecule has 0 fully saturated rings. The molecule has 0 N–H and O–H groups in total. The Kier molecular flexibility index (Phi) is 4.35. The largest absolute Gasteiger partial charge is 0.543 e. The number of hydrogen-bond donors (Lipinski definition) is 0. The number of fused-ring (bicyclic) bond motifs is 1. The highest BCUT2D eigenvalue weighted by Gasteiger charge is 2.18. The second-order valence-corrected chi connectivity index (χ2v) is 10.9. The summed E-state index contributed by atoms with van der Waals surface area (Å²) in [5.74, 6) is 1.29. The Balaban J connectivity index is 1.92. The first kappa shape index (κ1) is 16.2. The molecular formula is C17H19N5OSi. The zero-order valence-electron chi connectivity index (χ0n) is 14.2. The van der Waals surface area contributed by atoms with Crippen molar-refractivity contribution >= 4 is 31.4 Å². The maximum absolute atomic E-state index is 6.13. The molecule has 7 heteroatoms. The fourth-order valence-electron chi connectivity index (χ4n) is 2.11. The smallest absolute Gasteiger partial charge is 0.242 e. The molecule has 0 aliphatic carbocycles. The summed E-state index contributed by atoms with van der Waals surface area (Å²) in [5.41, 5.74) is 3.12. The second kappa shape index (κ2) is 6.44. The van der Waals surface area contributed by atoms with Gasteiger partial charge in [0.15, 0.2) is 11.5 Å². The van der Waals surface area contributed by atoms with Gasteiger partial charge in [0.05, 0.1) is 12.4 Å². The highest BCUT2D eigenvalue weighted by Crippen LogP contribution is 2.30. The number of aromatic nitrogens is 4. The molecule has 0 bridgehead atoms. The predicted molar refractivity (Wildman–Crippen MR) is 97.5 cm³/mol. The Bertz CT molecular complexity index is 905. The van der Waals surface area contributed by atoms with Gasteiger partial charge in [-0.05, 0) is 44.3 Å². The van der Waals surface area contributed by atoms with Crippen molar-refractivity contribution in [3.05, 3.63) is 48.2 Å². The molecule has 1 aromatic carbocycles. The number of aryl methyl sites for hydroxylation is 1. The monoisotopic (exact) mass is 337 g/mol. The predicted octanol–water partition coefficient (Wildman–Crippen LogP) is 3.69. The van der Waals surface area contributed by atoms with Crippen LogP contribution in [0.4, 0.5) is 5.69 Å². The van der Waals surface area contributed by atoms with Crippen molar-refractivity contribution < 1.29 is 4.43 Å². The van der Waals surface area contributed by atoms with Crippen molar-refractivity contribution in [2.75, 3.05) is 0 Å². The fraction of sp³-hybridized carbons (Fsp3) is 0.235. The standard InChI is InChI=1S/C17H19N5OSi/c1-12-5-6-13(15(9-12)23-24(2,3)4)20-11-16-21-10-14-17(22-16)19-8-7-18-14/h5-11H,1-4H3/b20-11-. The molecule has 3 rings (SSSR count). The number of rotatable bonds is 4. The summed E-state index contributed by atoms with van der Waals surface area (Å²) < 4.78 is 6.13. The van der Waals surface area contributed by atoms with Crippen molar-refractivity contribution in [1.82, 2.24) is 19.9 Å². The Labute approximate surface area is 141 Å². The van der Waals surface area contributed by atoms with Gasteiger partial charge < -0.3 is 4.43 Å². The molecule has 2 heterocycles. The van der Waals surface area contributed by atoms with Gasteiger partial charge in [-0.25, -0.2) is 24.9 Å². The van der Waals surface area contributed by atoms with E-state index in [0.717, 1.165) is 17.0 Å². The second-order valence-electron chi connectivity index (χ2n) is 6.44. The molecular weight excluding hydrogens is 318 g/mol. The van der Waals surface area contributed by atoms with E-state index < -0.39 is 8.32 Å². The average molecular weight is 337 g/mol. The van der Waals surface area contributed by atoms with Gasteiger partial charge in [0.25, 0.3) is 0 Å². The van der Waals surface area contributed by atoms with E-state index in [9.17, 15) is 0 Å². The zero-order chi connectivity index (χ0) is 17.2. The first-order valence-corrected chi connectivity index (χ1v) is 11.1. The highest BCUT2D eigenvalue weighted by molar-refractivity contribution is 6.70. The van der Waals surface area contributed by atoms with Crippen molar-refractivity contribution in [3.63, 3.8) is 0 Å². The number of aliphatic imine (C=N–C) groups is 1. The van der Waals surface area contributed by atoms with Crippen LogP contribution in [0.1, 0.15) is 11.4 Å². The summed E-state index contributed by atoms with van der Waals surface area (Å²) in [5, 5.41) is 0. The van der Waals surface area contributed by atoms with Crippen LogP contribution in [-0.2, 0) is 0 Å². The summed E-state index contributed by atoms with van der Waals surface area (Å²) in [4.78, 5) is 21.4. The van der Waals surface area contributed by atoms with Crippen LogP contribution in [0.3, 0.4) is 0 Å². The summed E-state index contributed by atoms with van der Waals surface area (Å²) in [7, 11) is -1.72. The van der Waals surface area contributed by atoms with Gasteiger partial charge in [0.2, 0.25) is 8.32 Å². The Morgan fingerprint density at radius 2 is 1.88 bits per heavy atom. The van der Waals surface area contributed by atoms with Crippen LogP contribution in [0, 0.1) is 6.92 Å². The Morgan fingerprint density at radius 1 is 1.08 bits per heavy atom. The van der Waals surface area contributed by atoms with Crippen LogP contribution in [0.5, 0.6) is 5.75 Å². The van der Waals surface area contributed by atoms with Crippen LogP contribution < -0.4 is 4.43 Å². The zero-order valence-corrected chi connectivity index (χ0v) is 15.2. The summed E-state index contributed by atoms with van der Waals surface area (Å²) in [6.45, 7) is 8.48. The average Bonchev–Trinajstić information content (AvgIpc) is 2.52. The van der Waals surface area contributed by atoms with E-state index in [2.05, 4.69) is 44.6 Å². The van der Waals surface area contributed by atoms with E-state index in [1.54, 1.807) is 24.8 Å². The molecule has 0 aliphatic rings. The summed E-state index contributed by atoms with van der Waals surface area (Å²) in [6.07, 6.45) is 6.49. The third-order valence-corrected chi connectivity index (χ3v) is 3.93. The lowest BCUT2D eigenvalue weighted by Gasteiger charge is -2.20. The number of hydrogen-bond acceptors (Lipinski definition) is 6. The molecule has 0 unspecified atom stereocenters. The Hall–Kier alpha value is -2.67. The SMILES string of the molecule is Cc1ccc(/N=C\c2ncc3nccnc3n2)c(O[Si](C)(C)C)c1. The van der Waals surface area contributed by atoms with Crippen LogP contribution in [0.15, 0.2) is 41.8 Å². The fourth-order valence-corrected chi connectivity index (χ4v) is 2.94. The topological polar surface area (TPSA) is 73.2 Å². The molecule has 0 amide bonds. The van der Waals surface area contributed by atoms with Crippen LogP contribution >= 0.6 is 0 Å². The van der Waals surface area contributed by atoms with Gasteiger partial charge in [0.1, 0.15) is 17.0 Å². The summed E-state index contributed by atoms with van der Waals surface area (Å²) in [6, 6.07) is 5.97. The van der Waals surface area contributed by atoms with Gasteiger partial charge in [0, 0.05) is 12.4 Å². The lowest BCUT2D eigenvalue weighted by molar-refractivity contribution is 0.558. The van der Waals surface area contributed by atoms with Crippen molar-refractivity contribution in [2.45, 2.75) is 26.6 Å². The van der Waals surface area contributed by atoms with E-state index in [0.29, 0.717) is 17.0 Å².